The molecule has 1 aromatic carbocycles. The molecule has 2 N–H and O–H groups in total. The average Bonchev–Trinajstić information content (AvgIpc) is 3.14. The molecule has 0 spiro atoms. The first-order valence-corrected chi connectivity index (χ1v) is 9.93. The van der Waals surface area contributed by atoms with Gasteiger partial charge in [0.1, 0.15) is 37.7 Å². The lowest BCUT2D eigenvalue weighted by Gasteiger charge is -2.27. The molecule has 4 rings (SSSR count). The van der Waals surface area contributed by atoms with E-state index in [1.807, 2.05) is 30.5 Å². The summed E-state index contributed by atoms with van der Waals surface area (Å²) in [4.78, 5) is 7.44. The van der Waals surface area contributed by atoms with Gasteiger partial charge < -0.3 is 18.8 Å². The fourth-order valence-electron chi connectivity index (χ4n) is 3.47. The molecular formula is C20H25N5O3S+2. The van der Waals surface area contributed by atoms with E-state index in [9.17, 15) is 0 Å². The van der Waals surface area contributed by atoms with Crippen molar-refractivity contribution < 1.29 is 23.8 Å². The normalized spacial score (nSPS) is 14.8. The average molecular weight is 416 g/mol. The van der Waals surface area contributed by atoms with Crippen molar-refractivity contribution in [2.75, 3.05) is 45.3 Å². The first-order chi connectivity index (χ1) is 14.2. The van der Waals surface area contributed by atoms with Crippen LogP contribution in [0.25, 0.3) is 11.5 Å². The summed E-state index contributed by atoms with van der Waals surface area (Å²) < 4.78 is 18.2. The van der Waals surface area contributed by atoms with Gasteiger partial charge in [0.25, 0.3) is 10.7 Å². The van der Waals surface area contributed by atoms with Crippen LogP contribution in [0.5, 0.6) is 11.5 Å². The SMILES string of the molecule is COc1cc(OC)cc(-c2nn(C[NH+]3CCN(c4cccc[nH+]4)CC3)c(=S)o2)c1. The third-order valence-electron chi connectivity index (χ3n) is 5.08. The molecule has 0 unspecified atom stereocenters. The molecule has 3 heterocycles. The second-order valence-electron chi connectivity index (χ2n) is 6.92. The molecule has 152 valence electrons. The molecule has 0 atom stereocenters. The van der Waals surface area contributed by atoms with Crippen molar-refractivity contribution in [3.05, 3.63) is 47.4 Å². The Morgan fingerprint density at radius 3 is 2.48 bits per heavy atom. The van der Waals surface area contributed by atoms with E-state index in [-0.39, 0.29) is 0 Å². The number of nitrogens with one attached hydrogen (secondary N) is 2. The van der Waals surface area contributed by atoms with Crippen molar-refractivity contribution in [2.45, 2.75) is 6.67 Å². The fraction of sp³-hybridized carbons (Fsp3) is 0.350. The summed E-state index contributed by atoms with van der Waals surface area (Å²) in [5, 5.41) is 4.60. The molecule has 1 aliphatic heterocycles. The molecule has 0 amide bonds. The highest BCUT2D eigenvalue weighted by Gasteiger charge is 2.26. The lowest BCUT2D eigenvalue weighted by Crippen LogP contribution is -3.14. The Morgan fingerprint density at radius 2 is 1.86 bits per heavy atom. The van der Waals surface area contributed by atoms with Gasteiger partial charge in [0.15, 0.2) is 6.67 Å². The van der Waals surface area contributed by atoms with Gasteiger partial charge in [0.05, 0.1) is 20.4 Å². The van der Waals surface area contributed by atoms with Gasteiger partial charge >= 0.3 is 0 Å². The number of rotatable bonds is 6. The minimum absolute atomic E-state index is 0.369. The number of methoxy groups -OCH3 is 2. The zero-order valence-corrected chi connectivity index (χ0v) is 17.4. The largest absolute Gasteiger partial charge is 0.497 e. The number of ether oxygens (including phenoxy) is 2. The Kier molecular flexibility index (Phi) is 5.77. The summed E-state index contributed by atoms with van der Waals surface area (Å²) in [6, 6.07) is 11.7. The third kappa shape index (κ3) is 4.41. The number of aromatic nitrogens is 3. The van der Waals surface area contributed by atoms with Crippen LogP contribution in [-0.2, 0) is 6.67 Å². The highest BCUT2D eigenvalue weighted by atomic mass is 32.1. The van der Waals surface area contributed by atoms with E-state index in [0.29, 0.717) is 28.9 Å². The Morgan fingerprint density at radius 1 is 1.14 bits per heavy atom. The highest BCUT2D eigenvalue weighted by molar-refractivity contribution is 7.71. The van der Waals surface area contributed by atoms with Gasteiger partial charge in [0.2, 0.25) is 5.89 Å². The Labute approximate surface area is 174 Å². The molecular weight excluding hydrogens is 390 g/mol. The van der Waals surface area contributed by atoms with Crippen LogP contribution in [0.15, 0.2) is 47.0 Å². The van der Waals surface area contributed by atoms with Crippen LogP contribution in [0, 0.1) is 4.84 Å². The number of aromatic amines is 1. The Hall–Kier alpha value is -2.91. The van der Waals surface area contributed by atoms with E-state index in [1.165, 1.54) is 4.90 Å². The standard InChI is InChI=1S/C20H23N5O3S/c1-26-16-11-15(12-17(13-16)27-2)19-22-25(20(29)28-19)14-23-7-9-24(10-8-23)18-5-3-4-6-21-18/h3-6,11-13H,7-10,14H2,1-2H3/p+2. The maximum atomic E-state index is 5.76. The predicted molar refractivity (Wildman–Crippen MR) is 110 cm³/mol. The maximum Gasteiger partial charge on any atom is 0.292 e. The number of quaternary nitrogens is 1. The molecule has 0 aliphatic carbocycles. The Bertz CT molecular complexity index is 990. The first-order valence-electron chi connectivity index (χ1n) is 9.53. The van der Waals surface area contributed by atoms with Crippen LogP contribution in [-0.4, -0.2) is 50.2 Å². The summed E-state index contributed by atoms with van der Waals surface area (Å²) in [6.45, 7) is 4.62. The molecule has 1 aliphatic rings. The van der Waals surface area contributed by atoms with Crippen LogP contribution in [0.2, 0.25) is 0 Å². The monoisotopic (exact) mass is 415 g/mol. The summed E-state index contributed by atoms with van der Waals surface area (Å²) in [5.41, 5.74) is 0.769. The van der Waals surface area contributed by atoms with Crippen LogP contribution >= 0.6 is 12.2 Å². The second kappa shape index (κ2) is 8.62. The molecule has 8 nitrogen and oxygen atoms in total. The third-order valence-corrected chi connectivity index (χ3v) is 5.38. The molecule has 0 saturated carbocycles. The molecule has 1 fully saturated rings. The van der Waals surface area contributed by atoms with Crippen molar-refractivity contribution in [3.63, 3.8) is 0 Å². The minimum Gasteiger partial charge on any atom is -0.497 e. The van der Waals surface area contributed by atoms with E-state index in [1.54, 1.807) is 18.9 Å². The molecule has 29 heavy (non-hydrogen) atoms. The summed E-state index contributed by atoms with van der Waals surface area (Å²) in [5.74, 6) is 2.96. The number of nitrogens with zero attached hydrogens (tertiary/aromatic N) is 3. The van der Waals surface area contributed by atoms with Crippen molar-refractivity contribution in [3.8, 4) is 23.0 Å². The summed E-state index contributed by atoms with van der Waals surface area (Å²) in [7, 11) is 3.23. The number of H-pyrrole nitrogens is 1. The smallest absolute Gasteiger partial charge is 0.292 e. The lowest BCUT2D eigenvalue weighted by molar-refractivity contribution is -0.924. The van der Waals surface area contributed by atoms with Crippen LogP contribution in [0.1, 0.15) is 0 Å². The number of piperazine rings is 1. The highest BCUT2D eigenvalue weighted by Crippen LogP contribution is 2.28. The van der Waals surface area contributed by atoms with E-state index in [2.05, 4.69) is 27.1 Å². The molecule has 9 heteroatoms. The zero-order valence-electron chi connectivity index (χ0n) is 16.6. The van der Waals surface area contributed by atoms with Crippen molar-refractivity contribution in [1.82, 2.24) is 9.78 Å². The van der Waals surface area contributed by atoms with Gasteiger partial charge in [-0.05, 0) is 30.4 Å². The quantitative estimate of drug-likeness (QED) is 0.608. The molecule has 2 aromatic heterocycles. The van der Waals surface area contributed by atoms with Gasteiger partial charge in [-0.15, -0.1) is 5.10 Å². The van der Waals surface area contributed by atoms with E-state index in [0.717, 1.165) is 37.6 Å². The predicted octanol–water partition coefficient (Wildman–Crippen LogP) is 1.07. The number of pyridine rings is 1. The van der Waals surface area contributed by atoms with Crippen LogP contribution in [0.3, 0.4) is 0 Å². The van der Waals surface area contributed by atoms with Crippen molar-refractivity contribution in [2.24, 2.45) is 0 Å². The second-order valence-corrected chi connectivity index (χ2v) is 7.27. The topological polar surface area (TPSA) is 71.2 Å². The van der Waals surface area contributed by atoms with Gasteiger partial charge in [-0.3, -0.25) is 4.90 Å². The zero-order chi connectivity index (χ0) is 20.2. The van der Waals surface area contributed by atoms with Crippen LogP contribution in [0.4, 0.5) is 5.82 Å². The van der Waals surface area contributed by atoms with Gasteiger partial charge in [-0.1, -0.05) is 6.07 Å². The fourth-order valence-corrected chi connectivity index (χ4v) is 3.65. The van der Waals surface area contributed by atoms with Crippen LogP contribution < -0.4 is 24.3 Å². The van der Waals surface area contributed by atoms with Gasteiger partial charge in [0, 0.05) is 17.7 Å². The minimum atomic E-state index is 0.369. The first kappa shape index (κ1) is 19.4. The van der Waals surface area contributed by atoms with E-state index >= 15 is 0 Å². The number of anilines is 1. The van der Waals surface area contributed by atoms with E-state index < -0.39 is 0 Å². The summed E-state index contributed by atoms with van der Waals surface area (Å²) in [6.07, 6.45) is 1.96. The Balaban J connectivity index is 1.45. The van der Waals surface area contributed by atoms with Gasteiger partial charge in [-0.2, -0.15) is 4.68 Å². The molecule has 3 aromatic rings. The number of benzene rings is 1. The lowest BCUT2D eigenvalue weighted by atomic mass is 10.2. The van der Waals surface area contributed by atoms with Gasteiger partial charge in [-0.25, -0.2) is 4.98 Å². The molecule has 0 radical (unpaired) electrons. The summed E-state index contributed by atoms with van der Waals surface area (Å²) >= 11 is 5.41. The van der Waals surface area contributed by atoms with E-state index in [4.69, 9.17) is 26.1 Å². The maximum absolute atomic E-state index is 5.76. The van der Waals surface area contributed by atoms with Crippen molar-refractivity contribution >= 4 is 18.0 Å². The van der Waals surface area contributed by atoms with Crippen molar-refractivity contribution in [1.29, 1.82) is 0 Å². The molecule has 1 saturated heterocycles. The number of hydrogen-bond acceptors (Lipinski definition) is 6. The molecule has 0 bridgehead atoms. The number of hydrogen-bond donors (Lipinski definition) is 1.